The number of benzene rings is 1. The smallest absolute Gasteiger partial charge is 0.265 e. The zero-order valence-electron chi connectivity index (χ0n) is 14.7. The van der Waals surface area contributed by atoms with Crippen LogP contribution < -0.4 is 10.9 Å². The molecule has 0 aliphatic rings. The van der Waals surface area contributed by atoms with Crippen molar-refractivity contribution in [3.8, 4) is 0 Å². The summed E-state index contributed by atoms with van der Waals surface area (Å²) in [5, 5.41) is 3.26. The first-order chi connectivity index (χ1) is 13.6. The van der Waals surface area contributed by atoms with Gasteiger partial charge in [-0.3, -0.25) is 19.1 Å². The van der Waals surface area contributed by atoms with Crippen molar-refractivity contribution in [2.24, 2.45) is 0 Å². The lowest BCUT2D eigenvalue weighted by molar-refractivity contribution is 0.102. The SMILES string of the molecule is O=C(Nc1cccnc1)c1cc2cccnc2n(Cc2ccccc2F)c1=O. The fourth-order valence-corrected chi connectivity index (χ4v) is 2.95. The van der Waals surface area contributed by atoms with Gasteiger partial charge in [-0.25, -0.2) is 9.37 Å². The van der Waals surface area contributed by atoms with Crippen LogP contribution in [0.3, 0.4) is 0 Å². The Labute approximate surface area is 159 Å². The van der Waals surface area contributed by atoms with Crippen LogP contribution in [0, 0.1) is 5.82 Å². The monoisotopic (exact) mass is 374 g/mol. The Balaban J connectivity index is 1.82. The standard InChI is InChI=1S/C21H15FN4O2/c22-18-8-2-1-5-15(18)13-26-19-14(6-3-10-24-19)11-17(21(26)28)20(27)25-16-7-4-9-23-12-16/h1-12H,13H2,(H,25,27). The first-order valence-electron chi connectivity index (χ1n) is 8.57. The number of nitrogens with one attached hydrogen (secondary N) is 1. The quantitative estimate of drug-likeness (QED) is 0.595. The van der Waals surface area contributed by atoms with E-state index in [-0.39, 0.29) is 12.1 Å². The maximum Gasteiger partial charge on any atom is 0.265 e. The molecule has 0 saturated heterocycles. The highest BCUT2D eigenvalue weighted by Crippen LogP contribution is 2.15. The van der Waals surface area contributed by atoms with Gasteiger partial charge < -0.3 is 5.32 Å². The van der Waals surface area contributed by atoms with Crippen molar-refractivity contribution < 1.29 is 9.18 Å². The van der Waals surface area contributed by atoms with Gasteiger partial charge in [-0.1, -0.05) is 18.2 Å². The van der Waals surface area contributed by atoms with Crippen LogP contribution in [0.1, 0.15) is 15.9 Å². The lowest BCUT2D eigenvalue weighted by Crippen LogP contribution is -2.30. The maximum absolute atomic E-state index is 14.1. The van der Waals surface area contributed by atoms with Crippen LogP contribution in [0.5, 0.6) is 0 Å². The van der Waals surface area contributed by atoms with Gasteiger partial charge in [-0.2, -0.15) is 0 Å². The van der Waals surface area contributed by atoms with Gasteiger partial charge in [0, 0.05) is 23.3 Å². The molecule has 7 heteroatoms. The van der Waals surface area contributed by atoms with Crippen LogP contribution in [-0.4, -0.2) is 20.4 Å². The Bertz CT molecular complexity index is 1220. The molecule has 138 valence electrons. The normalized spacial score (nSPS) is 10.8. The van der Waals surface area contributed by atoms with E-state index < -0.39 is 17.3 Å². The summed E-state index contributed by atoms with van der Waals surface area (Å²) in [6.45, 7) is -0.0347. The summed E-state index contributed by atoms with van der Waals surface area (Å²) >= 11 is 0. The summed E-state index contributed by atoms with van der Waals surface area (Å²) in [4.78, 5) is 33.9. The van der Waals surface area contributed by atoms with E-state index in [4.69, 9.17) is 0 Å². The molecule has 0 spiro atoms. The molecule has 0 bridgehead atoms. The number of halogens is 1. The van der Waals surface area contributed by atoms with E-state index in [0.717, 1.165) is 0 Å². The number of aromatic nitrogens is 3. The minimum Gasteiger partial charge on any atom is -0.320 e. The number of fused-ring (bicyclic) bond motifs is 1. The molecule has 0 aliphatic heterocycles. The summed E-state index contributed by atoms with van der Waals surface area (Å²) in [6.07, 6.45) is 4.62. The van der Waals surface area contributed by atoms with Gasteiger partial charge in [0.05, 0.1) is 18.4 Å². The molecule has 0 saturated carbocycles. The Morgan fingerprint density at radius 2 is 1.89 bits per heavy atom. The summed E-state index contributed by atoms with van der Waals surface area (Å²) < 4.78 is 15.4. The summed E-state index contributed by atoms with van der Waals surface area (Å²) in [7, 11) is 0. The van der Waals surface area contributed by atoms with Gasteiger partial charge in [0.1, 0.15) is 17.0 Å². The van der Waals surface area contributed by atoms with Crippen molar-refractivity contribution in [1.29, 1.82) is 0 Å². The van der Waals surface area contributed by atoms with Gasteiger partial charge in [0.25, 0.3) is 11.5 Å². The second-order valence-electron chi connectivity index (χ2n) is 6.15. The van der Waals surface area contributed by atoms with E-state index >= 15 is 0 Å². The van der Waals surface area contributed by atoms with E-state index in [9.17, 15) is 14.0 Å². The average molecular weight is 374 g/mol. The number of anilines is 1. The largest absolute Gasteiger partial charge is 0.320 e. The molecule has 6 nitrogen and oxygen atoms in total. The molecule has 1 amide bonds. The molecule has 0 fully saturated rings. The number of carbonyl (C=O) groups excluding carboxylic acids is 1. The molecule has 28 heavy (non-hydrogen) atoms. The van der Waals surface area contributed by atoms with E-state index in [1.807, 2.05) is 0 Å². The van der Waals surface area contributed by atoms with Crippen LogP contribution in [0.4, 0.5) is 10.1 Å². The van der Waals surface area contributed by atoms with Crippen LogP contribution in [0.25, 0.3) is 11.0 Å². The molecule has 0 radical (unpaired) electrons. The molecule has 3 aromatic heterocycles. The van der Waals surface area contributed by atoms with Crippen molar-refractivity contribution in [2.75, 3.05) is 5.32 Å². The molecule has 0 unspecified atom stereocenters. The molecule has 4 aromatic rings. The first kappa shape index (κ1) is 17.5. The van der Waals surface area contributed by atoms with Crippen LogP contribution >= 0.6 is 0 Å². The second-order valence-corrected chi connectivity index (χ2v) is 6.15. The predicted octanol–water partition coefficient (Wildman–Crippen LogP) is 3.23. The third-order valence-electron chi connectivity index (χ3n) is 4.30. The first-order valence-corrected chi connectivity index (χ1v) is 8.57. The lowest BCUT2D eigenvalue weighted by Gasteiger charge is -2.13. The van der Waals surface area contributed by atoms with Crippen molar-refractivity contribution in [3.05, 3.63) is 100 Å². The molecule has 4 rings (SSSR count). The third-order valence-corrected chi connectivity index (χ3v) is 4.30. The fraction of sp³-hybridized carbons (Fsp3) is 0.0476. The van der Waals surface area contributed by atoms with E-state index in [2.05, 4.69) is 15.3 Å². The number of hydrogen-bond acceptors (Lipinski definition) is 4. The highest BCUT2D eigenvalue weighted by atomic mass is 19.1. The second kappa shape index (κ2) is 7.40. The van der Waals surface area contributed by atoms with Crippen LogP contribution in [0.15, 0.2) is 78.0 Å². The molecule has 3 heterocycles. The molecule has 1 N–H and O–H groups in total. The average Bonchev–Trinajstić information content (AvgIpc) is 2.72. The Kier molecular flexibility index (Phi) is 4.63. The summed E-state index contributed by atoms with van der Waals surface area (Å²) in [5.74, 6) is -0.991. The zero-order chi connectivity index (χ0) is 19.5. The number of hydrogen-bond donors (Lipinski definition) is 1. The lowest BCUT2D eigenvalue weighted by atomic mass is 10.1. The predicted molar refractivity (Wildman–Crippen MR) is 104 cm³/mol. The zero-order valence-corrected chi connectivity index (χ0v) is 14.7. The van der Waals surface area contributed by atoms with Crippen molar-refractivity contribution in [2.45, 2.75) is 6.54 Å². The maximum atomic E-state index is 14.1. The molecule has 0 atom stereocenters. The molecule has 0 aliphatic carbocycles. The minimum atomic E-state index is -0.564. The summed E-state index contributed by atoms with van der Waals surface area (Å²) in [6, 6.07) is 14.5. The fourth-order valence-electron chi connectivity index (χ4n) is 2.95. The van der Waals surface area contributed by atoms with Gasteiger partial charge in [0.2, 0.25) is 0 Å². The van der Waals surface area contributed by atoms with Gasteiger partial charge in [0.15, 0.2) is 0 Å². The minimum absolute atomic E-state index is 0.0347. The van der Waals surface area contributed by atoms with Gasteiger partial charge in [-0.05, 0) is 36.4 Å². The Morgan fingerprint density at radius 1 is 1.07 bits per heavy atom. The molecular formula is C21H15FN4O2. The Hall–Kier alpha value is -3.87. The van der Waals surface area contributed by atoms with E-state index in [1.165, 1.54) is 22.9 Å². The highest BCUT2D eigenvalue weighted by Gasteiger charge is 2.17. The van der Waals surface area contributed by atoms with Crippen molar-refractivity contribution >= 4 is 22.6 Å². The number of carbonyl (C=O) groups is 1. The van der Waals surface area contributed by atoms with Crippen molar-refractivity contribution in [3.63, 3.8) is 0 Å². The molecule has 1 aromatic carbocycles. The van der Waals surface area contributed by atoms with Gasteiger partial charge >= 0.3 is 0 Å². The topological polar surface area (TPSA) is 76.9 Å². The Morgan fingerprint density at radius 3 is 2.68 bits per heavy atom. The van der Waals surface area contributed by atoms with Crippen LogP contribution in [-0.2, 0) is 6.54 Å². The molecular weight excluding hydrogens is 359 g/mol. The van der Waals surface area contributed by atoms with Crippen molar-refractivity contribution in [1.82, 2.24) is 14.5 Å². The number of rotatable bonds is 4. The van der Waals surface area contributed by atoms with E-state index in [1.54, 1.807) is 54.9 Å². The summed E-state index contributed by atoms with van der Waals surface area (Å²) in [5.41, 5.74) is 0.588. The number of nitrogens with zero attached hydrogens (tertiary/aromatic N) is 3. The highest BCUT2D eigenvalue weighted by molar-refractivity contribution is 6.05. The third kappa shape index (κ3) is 3.37. The number of amides is 1. The van der Waals surface area contributed by atoms with E-state index in [0.29, 0.717) is 22.3 Å². The van der Waals surface area contributed by atoms with Gasteiger partial charge in [-0.15, -0.1) is 0 Å². The van der Waals surface area contributed by atoms with Crippen LogP contribution in [0.2, 0.25) is 0 Å². The number of pyridine rings is 3.